The Labute approximate surface area is 160 Å². The van der Waals surface area contributed by atoms with E-state index in [0.717, 1.165) is 5.01 Å². The highest BCUT2D eigenvalue weighted by molar-refractivity contribution is 7.91. The highest BCUT2D eigenvalue weighted by Gasteiger charge is 2.38. The molecule has 0 bridgehead atoms. The average Bonchev–Trinajstić information content (AvgIpc) is 2.90. The first-order valence-electron chi connectivity index (χ1n) is 9.12. The van der Waals surface area contributed by atoms with Crippen LogP contribution in [0.1, 0.15) is 47.0 Å². The van der Waals surface area contributed by atoms with E-state index in [9.17, 15) is 22.8 Å². The van der Waals surface area contributed by atoms with Crippen LogP contribution in [0.2, 0.25) is 0 Å². The fraction of sp³-hybridized carbons (Fsp3) is 0.765. The third-order valence-electron chi connectivity index (χ3n) is 4.38. The molecule has 2 aliphatic rings. The number of amides is 3. The van der Waals surface area contributed by atoms with Crippen LogP contribution in [-0.4, -0.2) is 77.9 Å². The van der Waals surface area contributed by atoms with Crippen LogP contribution in [0.5, 0.6) is 0 Å². The van der Waals surface area contributed by atoms with Gasteiger partial charge in [0.05, 0.1) is 24.1 Å². The van der Waals surface area contributed by atoms with Crippen molar-refractivity contribution in [1.82, 2.24) is 15.2 Å². The third-order valence-corrected chi connectivity index (χ3v) is 6.13. The monoisotopic (exact) mass is 400 g/mol. The molecule has 0 aliphatic carbocycles. The molecule has 10 heteroatoms. The number of sulfone groups is 1. The van der Waals surface area contributed by atoms with Crippen LogP contribution < -0.4 is 5.32 Å². The van der Waals surface area contributed by atoms with Gasteiger partial charge in [-0.25, -0.2) is 13.4 Å². The number of carbonyl (C=O) groups excluding carboxylic acids is 3. The minimum Gasteiger partial charge on any atom is -0.350 e. The molecule has 27 heavy (non-hydrogen) atoms. The number of hydrogen-bond donors (Lipinski definition) is 1. The number of hydrogen-bond acceptors (Lipinski definition) is 6. The van der Waals surface area contributed by atoms with Crippen molar-refractivity contribution in [1.29, 1.82) is 0 Å². The predicted molar refractivity (Wildman–Crippen MR) is 101 cm³/mol. The van der Waals surface area contributed by atoms with Gasteiger partial charge in [0.25, 0.3) is 5.91 Å². The Morgan fingerprint density at radius 2 is 1.96 bits per heavy atom. The Hall–Kier alpha value is -1.97. The lowest BCUT2D eigenvalue weighted by Gasteiger charge is -2.30. The summed E-state index contributed by atoms with van der Waals surface area (Å²) in [6, 6.07) is -0.523. The zero-order chi connectivity index (χ0) is 20.4. The van der Waals surface area contributed by atoms with Crippen LogP contribution in [0, 0.1) is 0 Å². The lowest BCUT2D eigenvalue weighted by atomic mass is 10.1. The molecule has 2 heterocycles. The molecule has 0 aromatic carbocycles. The second-order valence-electron chi connectivity index (χ2n) is 7.96. The Morgan fingerprint density at radius 3 is 2.48 bits per heavy atom. The van der Waals surface area contributed by atoms with Crippen molar-refractivity contribution in [2.75, 3.05) is 24.6 Å². The van der Waals surface area contributed by atoms with Crippen LogP contribution in [0.3, 0.4) is 0 Å². The molecule has 1 saturated heterocycles. The Bertz CT molecular complexity index is 754. The van der Waals surface area contributed by atoms with Gasteiger partial charge in [-0.2, -0.15) is 5.10 Å². The smallest absolute Gasteiger partial charge is 0.270 e. The Balaban J connectivity index is 2.12. The second-order valence-corrected chi connectivity index (χ2v) is 10.2. The van der Waals surface area contributed by atoms with Gasteiger partial charge in [-0.05, 0) is 34.1 Å². The number of hydrazone groups is 1. The lowest BCUT2D eigenvalue weighted by molar-refractivity contribution is -0.135. The standard InChI is InChI=1S/C17H28N4O5S/c1-5-20(10-14(22)18-17(2,3)4)16(24)13-6-7-15(23)21(19-13)12-8-9-27(25,26)11-12/h12H,5-11H2,1-4H3,(H,18,22)/t12-/m0/s1. The minimum absolute atomic E-state index is 0.0221. The quantitative estimate of drug-likeness (QED) is 0.693. The van der Waals surface area contributed by atoms with Crippen LogP contribution >= 0.6 is 0 Å². The highest BCUT2D eigenvalue weighted by atomic mass is 32.2. The molecule has 152 valence electrons. The molecule has 0 unspecified atom stereocenters. The van der Waals surface area contributed by atoms with E-state index in [1.807, 2.05) is 20.8 Å². The first kappa shape index (κ1) is 21.3. The summed E-state index contributed by atoms with van der Waals surface area (Å²) < 4.78 is 23.4. The van der Waals surface area contributed by atoms with E-state index < -0.39 is 27.3 Å². The number of rotatable bonds is 5. The van der Waals surface area contributed by atoms with Crippen LogP contribution in [0.4, 0.5) is 0 Å². The number of carbonyl (C=O) groups is 3. The maximum absolute atomic E-state index is 12.8. The fourth-order valence-electron chi connectivity index (χ4n) is 3.12. The summed E-state index contributed by atoms with van der Waals surface area (Å²) in [5.74, 6) is -1.06. The Kier molecular flexibility index (Phi) is 6.28. The van der Waals surface area contributed by atoms with Crippen molar-refractivity contribution >= 4 is 33.3 Å². The maximum Gasteiger partial charge on any atom is 0.270 e. The Morgan fingerprint density at radius 1 is 1.30 bits per heavy atom. The molecule has 9 nitrogen and oxygen atoms in total. The zero-order valence-electron chi connectivity index (χ0n) is 16.3. The minimum atomic E-state index is -3.17. The molecular weight excluding hydrogens is 372 g/mol. The van der Waals surface area contributed by atoms with Gasteiger partial charge >= 0.3 is 0 Å². The van der Waals surface area contributed by atoms with E-state index >= 15 is 0 Å². The van der Waals surface area contributed by atoms with Crippen molar-refractivity contribution in [3.63, 3.8) is 0 Å². The summed E-state index contributed by atoms with van der Waals surface area (Å²) in [4.78, 5) is 38.5. The second kappa shape index (κ2) is 7.95. The van der Waals surface area contributed by atoms with Crippen molar-refractivity contribution < 1.29 is 22.8 Å². The van der Waals surface area contributed by atoms with Crippen LogP contribution in [0.25, 0.3) is 0 Å². The van der Waals surface area contributed by atoms with E-state index in [4.69, 9.17) is 0 Å². The molecule has 0 spiro atoms. The zero-order valence-corrected chi connectivity index (χ0v) is 17.1. The summed E-state index contributed by atoms with van der Waals surface area (Å²) in [5.41, 5.74) is -0.219. The van der Waals surface area contributed by atoms with Gasteiger partial charge in [-0.15, -0.1) is 0 Å². The molecule has 0 radical (unpaired) electrons. The molecule has 3 amide bonds. The summed E-state index contributed by atoms with van der Waals surface area (Å²) in [7, 11) is -3.17. The van der Waals surface area contributed by atoms with Crippen LogP contribution in [0.15, 0.2) is 5.10 Å². The van der Waals surface area contributed by atoms with Gasteiger partial charge in [0.15, 0.2) is 9.84 Å². The van der Waals surface area contributed by atoms with Gasteiger partial charge in [0, 0.05) is 24.9 Å². The lowest BCUT2D eigenvalue weighted by Crippen LogP contribution is -2.50. The summed E-state index contributed by atoms with van der Waals surface area (Å²) >= 11 is 0. The maximum atomic E-state index is 12.8. The molecule has 0 aromatic heterocycles. The number of nitrogens with zero attached hydrogens (tertiary/aromatic N) is 3. The first-order chi connectivity index (χ1) is 12.4. The third kappa shape index (κ3) is 5.75. The average molecular weight is 401 g/mol. The largest absolute Gasteiger partial charge is 0.350 e. The highest BCUT2D eigenvalue weighted by Crippen LogP contribution is 2.22. The SMILES string of the molecule is CCN(CC(=O)NC(C)(C)C)C(=O)C1=NN([C@H]2CCS(=O)(=O)C2)C(=O)CC1. The fourth-order valence-corrected chi connectivity index (χ4v) is 4.81. The molecule has 1 atom stereocenters. The van der Waals surface area contributed by atoms with Crippen LogP contribution in [-0.2, 0) is 24.2 Å². The summed E-state index contributed by atoms with van der Waals surface area (Å²) in [6.07, 6.45) is 0.614. The predicted octanol–water partition coefficient (Wildman–Crippen LogP) is -0.0849. The molecule has 1 fully saturated rings. The van der Waals surface area contributed by atoms with E-state index in [1.165, 1.54) is 4.90 Å². The first-order valence-corrected chi connectivity index (χ1v) is 10.9. The number of likely N-dealkylation sites (N-methyl/N-ethyl adjacent to an activating group) is 1. The van der Waals surface area contributed by atoms with Crippen molar-refractivity contribution in [3.8, 4) is 0 Å². The molecule has 1 N–H and O–H groups in total. The number of nitrogens with one attached hydrogen (secondary N) is 1. The van der Waals surface area contributed by atoms with Crippen molar-refractivity contribution in [3.05, 3.63) is 0 Å². The summed E-state index contributed by atoms with van der Waals surface area (Å²) in [6.45, 7) is 7.55. The molecular formula is C17H28N4O5S. The van der Waals surface area contributed by atoms with E-state index in [1.54, 1.807) is 6.92 Å². The normalized spacial score (nSPS) is 22.4. The van der Waals surface area contributed by atoms with E-state index in [-0.39, 0.29) is 48.4 Å². The molecule has 2 rings (SSSR count). The molecule has 0 saturated carbocycles. The van der Waals surface area contributed by atoms with Crippen molar-refractivity contribution in [2.24, 2.45) is 5.10 Å². The topological polar surface area (TPSA) is 116 Å². The van der Waals surface area contributed by atoms with Gasteiger partial charge in [0.1, 0.15) is 5.71 Å². The molecule has 2 aliphatic heterocycles. The van der Waals surface area contributed by atoms with Crippen molar-refractivity contribution in [2.45, 2.75) is 58.5 Å². The van der Waals surface area contributed by atoms with E-state index in [0.29, 0.717) is 13.0 Å². The van der Waals surface area contributed by atoms with Gasteiger partial charge in [-0.1, -0.05) is 0 Å². The summed E-state index contributed by atoms with van der Waals surface area (Å²) in [5, 5.41) is 8.14. The van der Waals surface area contributed by atoms with Gasteiger partial charge < -0.3 is 10.2 Å². The van der Waals surface area contributed by atoms with E-state index in [2.05, 4.69) is 10.4 Å². The van der Waals surface area contributed by atoms with Gasteiger partial charge in [-0.3, -0.25) is 14.4 Å². The molecule has 0 aromatic rings. The van der Waals surface area contributed by atoms with Gasteiger partial charge in [0.2, 0.25) is 11.8 Å².